The van der Waals surface area contributed by atoms with Gasteiger partial charge in [0.05, 0.1) is 17.7 Å². The normalized spacial score (nSPS) is 11.8. The summed E-state index contributed by atoms with van der Waals surface area (Å²) in [6.45, 7) is 4.16. The van der Waals surface area contributed by atoms with Gasteiger partial charge in [0.25, 0.3) is 5.91 Å². The summed E-state index contributed by atoms with van der Waals surface area (Å²) in [6.07, 6.45) is 0.964. The Morgan fingerprint density at radius 2 is 2.21 bits per heavy atom. The number of thiazole rings is 1. The van der Waals surface area contributed by atoms with E-state index >= 15 is 0 Å². The van der Waals surface area contributed by atoms with Crippen LogP contribution in [0.5, 0.6) is 5.75 Å². The molecule has 0 saturated heterocycles. The summed E-state index contributed by atoms with van der Waals surface area (Å²) in [7, 11) is 2.96. The molecule has 0 spiro atoms. The van der Waals surface area contributed by atoms with Gasteiger partial charge in [-0.2, -0.15) is 0 Å². The molecule has 0 saturated carbocycles. The molecule has 1 amide bonds. The number of amides is 1. The third-order valence-electron chi connectivity index (χ3n) is 3.84. The molecule has 0 N–H and O–H groups in total. The smallest absolute Gasteiger partial charge is 0.311 e. The van der Waals surface area contributed by atoms with Crippen LogP contribution in [0.2, 0.25) is 0 Å². The SMILES string of the molecule is CCC(C)c1csc(N(C)C(=O)c2ccc(OC)c([N+](=O)[O-])c2)n1. The van der Waals surface area contributed by atoms with E-state index in [1.165, 1.54) is 41.5 Å². The number of carbonyl (C=O) groups is 1. The van der Waals surface area contributed by atoms with Gasteiger partial charge in [-0.1, -0.05) is 13.8 Å². The molecule has 0 fully saturated rings. The molecule has 2 aromatic rings. The molecule has 8 heteroatoms. The maximum absolute atomic E-state index is 12.6. The Morgan fingerprint density at radius 1 is 1.50 bits per heavy atom. The van der Waals surface area contributed by atoms with Crippen LogP contribution in [0.4, 0.5) is 10.8 Å². The number of benzene rings is 1. The molecule has 7 nitrogen and oxygen atoms in total. The highest BCUT2D eigenvalue weighted by Crippen LogP contribution is 2.30. The first kappa shape index (κ1) is 17.9. The van der Waals surface area contributed by atoms with E-state index in [1.54, 1.807) is 7.05 Å². The van der Waals surface area contributed by atoms with E-state index in [4.69, 9.17) is 4.74 Å². The minimum absolute atomic E-state index is 0.118. The minimum atomic E-state index is -0.569. The fourth-order valence-corrected chi connectivity index (χ4v) is 3.02. The van der Waals surface area contributed by atoms with Crippen LogP contribution in [0.3, 0.4) is 0 Å². The Bertz CT molecular complexity index is 760. The lowest BCUT2D eigenvalue weighted by Gasteiger charge is -2.14. The third kappa shape index (κ3) is 3.53. The van der Waals surface area contributed by atoms with Crippen LogP contribution in [0.25, 0.3) is 0 Å². The summed E-state index contributed by atoms with van der Waals surface area (Å²) in [5.41, 5.74) is 0.916. The number of hydrogen-bond donors (Lipinski definition) is 0. The largest absolute Gasteiger partial charge is 0.490 e. The van der Waals surface area contributed by atoms with Crippen LogP contribution in [0.1, 0.15) is 42.2 Å². The van der Waals surface area contributed by atoms with Crippen molar-refractivity contribution in [2.24, 2.45) is 0 Å². The number of aromatic nitrogens is 1. The van der Waals surface area contributed by atoms with Crippen molar-refractivity contribution >= 4 is 28.1 Å². The molecule has 0 radical (unpaired) electrons. The van der Waals surface area contributed by atoms with Gasteiger partial charge in [0.15, 0.2) is 10.9 Å². The van der Waals surface area contributed by atoms with E-state index in [-0.39, 0.29) is 22.9 Å². The van der Waals surface area contributed by atoms with E-state index in [2.05, 4.69) is 18.8 Å². The molecule has 24 heavy (non-hydrogen) atoms. The van der Waals surface area contributed by atoms with Crippen molar-refractivity contribution in [2.45, 2.75) is 26.2 Å². The zero-order valence-corrected chi connectivity index (χ0v) is 14.8. The summed E-state index contributed by atoms with van der Waals surface area (Å²) in [5, 5.41) is 13.6. The molecule has 1 unspecified atom stereocenters. The highest BCUT2D eigenvalue weighted by molar-refractivity contribution is 7.14. The Balaban J connectivity index is 2.29. The molecule has 0 aliphatic rings. The van der Waals surface area contributed by atoms with Crippen LogP contribution in [0, 0.1) is 10.1 Å². The van der Waals surface area contributed by atoms with Crippen LogP contribution in [0.15, 0.2) is 23.6 Å². The first-order valence-corrected chi connectivity index (χ1v) is 8.32. The van der Waals surface area contributed by atoms with E-state index in [9.17, 15) is 14.9 Å². The van der Waals surface area contributed by atoms with E-state index in [0.29, 0.717) is 11.0 Å². The number of hydrogen-bond acceptors (Lipinski definition) is 6. The van der Waals surface area contributed by atoms with Gasteiger partial charge in [0, 0.05) is 24.1 Å². The molecule has 1 heterocycles. The quantitative estimate of drug-likeness (QED) is 0.584. The van der Waals surface area contributed by atoms with Crippen LogP contribution >= 0.6 is 11.3 Å². The molecular formula is C16H19N3O4S. The molecular weight excluding hydrogens is 330 g/mol. The average molecular weight is 349 g/mol. The number of methoxy groups -OCH3 is 1. The molecule has 128 valence electrons. The topological polar surface area (TPSA) is 85.6 Å². The monoisotopic (exact) mass is 349 g/mol. The first-order valence-electron chi connectivity index (χ1n) is 7.44. The number of nitro groups is 1. The van der Waals surface area contributed by atoms with Crippen molar-refractivity contribution < 1.29 is 14.5 Å². The van der Waals surface area contributed by atoms with Gasteiger partial charge >= 0.3 is 5.69 Å². The van der Waals surface area contributed by atoms with Crippen molar-refractivity contribution in [3.63, 3.8) is 0 Å². The lowest BCUT2D eigenvalue weighted by molar-refractivity contribution is -0.385. The van der Waals surface area contributed by atoms with Crippen molar-refractivity contribution in [2.75, 3.05) is 19.1 Å². The average Bonchev–Trinajstić information content (AvgIpc) is 3.09. The predicted molar refractivity (Wildman–Crippen MR) is 93.2 cm³/mol. The second-order valence-electron chi connectivity index (χ2n) is 5.37. The van der Waals surface area contributed by atoms with Gasteiger partial charge in [0.2, 0.25) is 0 Å². The Labute approximate surface area is 144 Å². The predicted octanol–water partition coefficient (Wildman–Crippen LogP) is 3.85. The molecule has 1 aromatic heterocycles. The van der Waals surface area contributed by atoms with Gasteiger partial charge in [-0.05, 0) is 24.5 Å². The Morgan fingerprint density at radius 3 is 2.79 bits per heavy atom. The fraction of sp³-hybridized carbons (Fsp3) is 0.375. The van der Waals surface area contributed by atoms with Gasteiger partial charge in [-0.3, -0.25) is 19.8 Å². The maximum atomic E-state index is 12.6. The summed E-state index contributed by atoms with van der Waals surface area (Å²) >= 11 is 1.38. The molecule has 1 aromatic carbocycles. The minimum Gasteiger partial charge on any atom is -0.490 e. The number of nitro benzene ring substituents is 1. The van der Waals surface area contributed by atoms with Crippen LogP contribution in [-0.4, -0.2) is 30.0 Å². The Kier molecular flexibility index (Phi) is 5.50. The van der Waals surface area contributed by atoms with Crippen molar-refractivity contribution in [1.29, 1.82) is 0 Å². The van der Waals surface area contributed by atoms with Crippen LogP contribution in [-0.2, 0) is 0 Å². The lowest BCUT2D eigenvalue weighted by atomic mass is 10.1. The standard InChI is InChI=1S/C16H19N3O4S/c1-5-10(2)12-9-24-16(17-12)18(3)15(20)11-6-7-14(23-4)13(8-11)19(21)22/h6-10H,5H2,1-4H3. The summed E-state index contributed by atoms with van der Waals surface area (Å²) in [5.74, 6) is 0.0823. The van der Waals surface area contributed by atoms with Crippen molar-refractivity contribution in [3.8, 4) is 5.75 Å². The van der Waals surface area contributed by atoms with Crippen molar-refractivity contribution in [3.05, 3.63) is 45.0 Å². The number of ether oxygens (including phenoxy) is 1. The molecule has 1 atom stereocenters. The van der Waals surface area contributed by atoms with E-state index in [1.807, 2.05) is 5.38 Å². The summed E-state index contributed by atoms with van der Waals surface area (Å²) in [6, 6.07) is 4.15. The molecule has 0 aliphatic carbocycles. The third-order valence-corrected chi connectivity index (χ3v) is 4.78. The number of nitrogens with zero attached hydrogens (tertiary/aromatic N) is 3. The van der Waals surface area contributed by atoms with Gasteiger partial charge < -0.3 is 4.74 Å². The number of carbonyl (C=O) groups excluding carboxylic acids is 1. The van der Waals surface area contributed by atoms with Gasteiger partial charge in [-0.15, -0.1) is 11.3 Å². The van der Waals surface area contributed by atoms with Crippen LogP contribution < -0.4 is 9.64 Å². The first-order chi connectivity index (χ1) is 11.4. The number of rotatable bonds is 6. The van der Waals surface area contributed by atoms with Gasteiger partial charge in [-0.25, -0.2) is 4.98 Å². The summed E-state index contributed by atoms with van der Waals surface area (Å²) in [4.78, 5) is 29.0. The zero-order chi connectivity index (χ0) is 17.9. The zero-order valence-electron chi connectivity index (χ0n) is 14.0. The fourth-order valence-electron chi connectivity index (χ4n) is 2.11. The lowest BCUT2D eigenvalue weighted by Crippen LogP contribution is -2.26. The summed E-state index contributed by atoms with van der Waals surface area (Å²) < 4.78 is 4.95. The van der Waals surface area contributed by atoms with E-state index < -0.39 is 4.92 Å². The van der Waals surface area contributed by atoms with Gasteiger partial charge in [0.1, 0.15) is 0 Å². The van der Waals surface area contributed by atoms with E-state index in [0.717, 1.165) is 12.1 Å². The molecule has 2 rings (SSSR count). The second kappa shape index (κ2) is 7.39. The second-order valence-corrected chi connectivity index (χ2v) is 6.21. The van der Waals surface area contributed by atoms with Crippen molar-refractivity contribution in [1.82, 2.24) is 4.98 Å². The number of anilines is 1. The Hall–Kier alpha value is -2.48. The highest BCUT2D eigenvalue weighted by atomic mass is 32.1. The molecule has 0 aliphatic heterocycles. The molecule has 0 bridgehead atoms. The highest BCUT2D eigenvalue weighted by Gasteiger charge is 2.22. The maximum Gasteiger partial charge on any atom is 0.311 e.